The molecule has 2 aromatic heterocycles. The molecule has 3 aromatic rings. The number of phenols is 1. The van der Waals surface area contributed by atoms with Crippen molar-refractivity contribution in [3.63, 3.8) is 0 Å². The third kappa shape index (κ3) is 2.07. The van der Waals surface area contributed by atoms with Crippen molar-refractivity contribution in [2.24, 2.45) is 0 Å². The molecule has 6 heteroatoms. The van der Waals surface area contributed by atoms with Crippen molar-refractivity contribution in [2.75, 3.05) is 7.11 Å². The molecule has 0 bridgehead atoms. The third-order valence-corrected chi connectivity index (χ3v) is 4.80. The largest absolute Gasteiger partial charge is 0.503 e. The number of ether oxygens (including phenoxy) is 1. The number of aromatic amines is 1. The SMILES string of the molecule is COc1ccc2c(=O)cc(-c3nc(C4CC4)cs3)[nH]c2c1O. The van der Waals surface area contributed by atoms with Gasteiger partial charge in [-0.2, -0.15) is 0 Å². The van der Waals surface area contributed by atoms with Gasteiger partial charge in [0.25, 0.3) is 0 Å². The van der Waals surface area contributed by atoms with Crippen LogP contribution in [0.15, 0.2) is 28.4 Å². The van der Waals surface area contributed by atoms with Crippen LogP contribution in [0.2, 0.25) is 0 Å². The van der Waals surface area contributed by atoms with Crippen molar-refractivity contribution in [1.29, 1.82) is 0 Å². The molecule has 5 nitrogen and oxygen atoms in total. The zero-order chi connectivity index (χ0) is 15.3. The summed E-state index contributed by atoms with van der Waals surface area (Å²) in [5, 5.41) is 13.5. The van der Waals surface area contributed by atoms with Gasteiger partial charge in [0.15, 0.2) is 16.9 Å². The summed E-state index contributed by atoms with van der Waals surface area (Å²) in [4.78, 5) is 20.0. The fraction of sp³-hybridized carbons (Fsp3) is 0.250. The molecule has 1 aromatic carbocycles. The van der Waals surface area contributed by atoms with Gasteiger partial charge in [-0.15, -0.1) is 11.3 Å². The van der Waals surface area contributed by atoms with Crippen LogP contribution in [0, 0.1) is 0 Å². The van der Waals surface area contributed by atoms with E-state index in [0.29, 0.717) is 28.3 Å². The van der Waals surface area contributed by atoms with Crippen molar-refractivity contribution in [3.8, 4) is 22.2 Å². The second kappa shape index (κ2) is 4.84. The van der Waals surface area contributed by atoms with Gasteiger partial charge in [0.1, 0.15) is 5.01 Å². The number of hydrogen-bond donors (Lipinski definition) is 2. The predicted molar refractivity (Wildman–Crippen MR) is 85.9 cm³/mol. The summed E-state index contributed by atoms with van der Waals surface area (Å²) in [5.74, 6) is 0.849. The quantitative estimate of drug-likeness (QED) is 0.778. The van der Waals surface area contributed by atoms with Crippen LogP contribution in [0.1, 0.15) is 24.5 Å². The molecule has 1 aliphatic carbocycles. The fourth-order valence-electron chi connectivity index (χ4n) is 2.54. The number of benzene rings is 1. The molecule has 1 fully saturated rings. The Labute approximate surface area is 130 Å². The van der Waals surface area contributed by atoms with Gasteiger partial charge in [0.2, 0.25) is 0 Å². The van der Waals surface area contributed by atoms with Crippen molar-refractivity contribution in [3.05, 3.63) is 39.5 Å². The zero-order valence-electron chi connectivity index (χ0n) is 11.9. The molecule has 22 heavy (non-hydrogen) atoms. The number of nitrogens with one attached hydrogen (secondary N) is 1. The number of methoxy groups -OCH3 is 1. The molecule has 0 amide bonds. The first-order chi connectivity index (χ1) is 10.7. The van der Waals surface area contributed by atoms with E-state index < -0.39 is 0 Å². The van der Waals surface area contributed by atoms with Crippen LogP contribution in [0.4, 0.5) is 0 Å². The van der Waals surface area contributed by atoms with Crippen LogP contribution < -0.4 is 10.2 Å². The minimum Gasteiger partial charge on any atom is -0.503 e. The van der Waals surface area contributed by atoms with E-state index >= 15 is 0 Å². The third-order valence-electron chi connectivity index (χ3n) is 3.91. The summed E-state index contributed by atoms with van der Waals surface area (Å²) in [5.41, 5.74) is 1.95. The van der Waals surface area contributed by atoms with E-state index in [-0.39, 0.29) is 11.2 Å². The number of phenolic OH excluding ortho intramolecular Hbond substituents is 1. The first-order valence-electron chi connectivity index (χ1n) is 7.06. The van der Waals surface area contributed by atoms with Crippen LogP contribution in [0.5, 0.6) is 11.5 Å². The zero-order valence-corrected chi connectivity index (χ0v) is 12.7. The molecule has 0 unspecified atom stereocenters. The maximum Gasteiger partial charge on any atom is 0.190 e. The van der Waals surface area contributed by atoms with Gasteiger partial charge in [0.05, 0.1) is 24.0 Å². The Morgan fingerprint density at radius 2 is 2.23 bits per heavy atom. The summed E-state index contributed by atoms with van der Waals surface area (Å²) < 4.78 is 5.10. The average Bonchev–Trinajstić information content (AvgIpc) is 3.25. The monoisotopic (exact) mass is 314 g/mol. The summed E-state index contributed by atoms with van der Waals surface area (Å²) >= 11 is 1.51. The molecule has 2 heterocycles. The van der Waals surface area contributed by atoms with E-state index in [1.807, 2.05) is 5.38 Å². The summed E-state index contributed by atoms with van der Waals surface area (Å²) in [6.45, 7) is 0. The Morgan fingerprint density at radius 1 is 1.41 bits per heavy atom. The number of fused-ring (bicyclic) bond motifs is 1. The maximum absolute atomic E-state index is 12.3. The van der Waals surface area contributed by atoms with Crippen molar-refractivity contribution in [1.82, 2.24) is 9.97 Å². The highest BCUT2D eigenvalue weighted by molar-refractivity contribution is 7.13. The normalized spacial score (nSPS) is 14.4. The number of hydrogen-bond acceptors (Lipinski definition) is 5. The lowest BCUT2D eigenvalue weighted by atomic mass is 10.1. The van der Waals surface area contributed by atoms with Crippen molar-refractivity contribution < 1.29 is 9.84 Å². The Balaban J connectivity index is 1.90. The van der Waals surface area contributed by atoms with Crippen LogP contribution in [-0.4, -0.2) is 22.2 Å². The lowest BCUT2D eigenvalue weighted by Gasteiger charge is -2.07. The summed E-state index contributed by atoms with van der Waals surface area (Å²) in [7, 11) is 1.48. The molecular formula is C16H14N2O3S. The topological polar surface area (TPSA) is 75.2 Å². The number of rotatable bonds is 3. The molecule has 0 radical (unpaired) electrons. The second-order valence-corrected chi connectivity index (χ2v) is 6.30. The predicted octanol–water partition coefficient (Wildman–Crippen LogP) is 3.24. The van der Waals surface area contributed by atoms with Gasteiger partial charge >= 0.3 is 0 Å². The number of pyridine rings is 1. The van der Waals surface area contributed by atoms with Gasteiger partial charge in [-0.1, -0.05) is 0 Å². The number of nitrogens with zero attached hydrogens (tertiary/aromatic N) is 1. The Hall–Kier alpha value is -2.34. The van der Waals surface area contributed by atoms with E-state index in [0.717, 1.165) is 10.7 Å². The first kappa shape index (κ1) is 13.3. The minimum atomic E-state index is -0.148. The molecule has 1 saturated carbocycles. The van der Waals surface area contributed by atoms with E-state index in [9.17, 15) is 9.90 Å². The van der Waals surface area contributed by atoms with Crippen molar-refractivity contribution in [2.45, 2.75) is 18.8 Å². The van der Waals surface area contributed by atoms with Gasteiger partial charge in [-0.25, -0.2) is 4.98 Å². The molecule has 112 valence electrons. The number of thiazole rings is 1. The molecule has 0 aliphatic heterocycles. The highest BCUT2D eigenvalue weighted by Crippen LogP contribution is 2.41. The smallest absolute Gasteiger partial charge is 0.190 e. The van der Waals surface area contributed by atoms with Gasteiger partial charge in [-0.05, 0) is 25.0 Å². The second-order valence-electron chi connectivity index (χ2n) is 5.44. The standard InChI is InChI=1S/C16H14N2O3S/c1-21-13-5-4-9-12(19)6-10(17-14(9)15(13)20)16-18-11(7-22-16)8-2-3-8/h4-8,20H,2-3H2,1H3,(H,17,19). The molecule has 4 rings (SSSR count). The number of aromatic nitrogens is 2. The van der Waals surface area contributed by atoms with Gasteiger partial charge < -0.3 is 14.8 Å². The summed E-state index contributed by atoms with van der Waals surface area (Å²) in [6, 6.07) is 4.76. The van der Waals surface area contributed by atoms with Crippen LogP contribution in [0.25, 0.3) is 21.6 Å². The maximum atomic E-state index is 12.3. The van der Waals surface area contributed by atoms with E-state index in [2.05, 4.69) is 9.97 Å². The van der Waals surface area contributed by atoms with E-state index in [1.54, 1.807) is 12.1 Å². The van der Waals surface area contributed by atoms with Crippen molar-refractivity contribution >= 4 is 22.2 Å². The van der Waals surface area contributed by atoms with E-state index in [1.165, 1.54) is 37.4 Å². The Morgan fingerprint density at radius 3 is 2.95 bits per heavy atom. The molecule has 2 N–H and O–H groups in total. The number of H-pyrrole nitrogens is 1. The Kier molecular flexibility index (Phi) is 2.94. The molecule has 0 atom stereocenters. The Bertz CT molecular complexity index is 925. The van der Waals surface area contributed by atoms with Gasteiger partial charge in [-0.3, -0.25) is 4.79 Å². The minimum absolute atomic E-state index is 0.0575. The fourth-order valence-corrected chi connectivity index (χ4v) is 3.41. The highest BCUT2D eigenvalue weighted by Gasteiger charge is 2.26. The molecule has 0 saturated heterocycles. The lowest BCUT2D eigenvalue weighted by molar-refractivity contribution is 0.376. The average molecular weight is 314 g/mol. The first-order valence-corrected chi connectivity index (χ1v) is 7.94. The number of aromatic hydroxyl groups is 1. The molecule has 0 spiro atoms. The highest BCUT2D eigenvalue weighted by atomic mass is 32.1. The van der Waals surface area contributed by atoms with Crippen LogP contribution >= 0.6 is 11.3 Å². The molecule has 1 aliphatic rings. The molecular weight excluding hydrogens is 300 g/mol. The van der Waals surface area contributed by atoms with E-state index in [4.69, 9.17) is 4.74 Å². The lowest BCUT2D eigenvalue weighted by Crippen LogP contribution is -2.03. The summed E-state index contributed by atoms with van der Waals surface area (Å²) in [6.07, 6.45) is 2.38. The van der Waals surface area contributed by atoms with Gasteiger partial charge in [0, 0.05) is 22.8 Å². The van der Waals surface area contributed by atoms with Crippen LogP contribution in [-0.2, 0) is 0 Å². The van der Waals surface area contributed by atoms with Crippen LogP contribution in [0.3, 0.4) is 0 Å².